The third-order valence-electron chi connectivity index (χ3n) is 0.982. The lowest BCUT2D eigenvalue weighted by molar-refractivity contribution is 0.387. The minimum atomic E-state index is -4.08. The van der Waals surface area contributed by atoms with Crippen molar-refractivity contribution in [1.82, 2.24) is 4.98 Å². The minimum absolute atomic E-state index is 0.0463. The van der Waals surface area contributed by atoms with Crippen LogP contribution >= 0.6 is 7.60 Å². The van der Waals surface area contributed by atoms with Crippen LogP contribution in [0.5, 0.6) is 0 Å². The summed E-state index contributed by atoms with van der Waals surface area (Å²) in [7, 11) is -4.08. The molecule has 1 aromatic rings. The molecule has 54 valence electrons. The molecule has 10 heavy (non-hydrogen) atoms. The molecule has 0 saturated heterocycles. The number of pyridine rings is 1. The Bertz CT molecular complexity index is 255. The molecule has 0 aliphatic rings. The maximum Gasteiger partial charge on any atom is 0.357 e. The molecule has 0 spiro atoms. The van der Waals surface area contributed by atoms with Gasteiger partial charge >= 0.3 is 7.60 Å². The van der Waals surface area contributed by atoms with Crippen molar-refractivity contribution in [2.45, 2.75) is 0 Å². The summed E-state index contributed by atoms with van der Waals surface area (Å²) in [5, 5.41) is -0.0463. The highest BCUT2D eigenvalue weighted by Crippen LogP contribution is 2.31. The zero-order chi connectivity index (χ0) is 7.61. The first-order valence-electron chi connectivity index (χ1n) is 2.57. The average Bonchev–Trinajstić information content (AvgIpc) is 1.88. The molecule has 0 amide bonds. The van der Waals surface area contributed by atoms with Crippen LogP contribution in [0.4, 0.5) is 0 Å². The average molecular weight is 159 g/mol. The van der Waals surface area contributed by atoms with Crippen LogP contribution in [0.1, 0.15) is 0 Å². The Morgan fingerprint density at radius 2 is 2.20 bits per heavy atom. The molecule has 5 heteroatoms. The summed E-state index contributed by atoms with van der Waals surface area (Å²) in [5.74, 6) is 0. The van der Waals surface area contributed by atoms with Crippen LogP contribution in [-0.2, 0) is 4.57 Å². The molecule has 0 bridgehead atoms. The number of nitrogens with zero attached hydrogens (tertiary/aromatic N) is 1. The molecule has 1 heterocycles. The molecular formula is C5H6NO3P. The van der Waals surface area contributed by atoms with E-state index in [1.165, 1.54) is 18.3 Å². The summed E-state index contributed by atoms with van der Waals surface area (Å²) in [4.78, 5) is 20.7. The Balaban J connectivity index is 3.09. The Kier molecular flexibility index (Phi) is 1.85. The molecule has 1 rings (SSSR count). The predicted octanol–water partition coefficient (Wildman–Crippen LogP) is -0.115. The molecule has 2 N–H and O–H groups in total. The Hall–Kier alpha value is -0.700. The summed E-state index contributed by atoms with van der Waals surface area (Å²) in [6.07, 6.45) is 2.61. The second-order valence-electron chi connectivity index (χ2n) is 1.76. The van der Waals surface area contributed by atoms with E-state index < -0.39 is 7.60 Å². The molecule has 0 aromatic carbocycles. The summed E-state index contributed by atoms with van der Waals surface area (Å²) in [5.41, 5.74) is 0. The molecule has 0 saturated carbocycles. The van der Waals surface area contributed by atoms with Gasteiger partial charge in [-0.3, -0.25) is 9.55 Å². The SMILES string of the molecule is O=P(O)(O)c1cccnc1. The smallest absolute Gasteiger partial charge is 0.321 e. The van der Waals surface area contributed by atoms with Crippen molar-refractivity contribution >= 4 is 12.9 Å². The van der Waals surface area contributed by atoms with E-state index in [2.05, 4.69) is 4.98 Å². The van der Waals surface area contributed by atoms with E-state index in [0.717, 1.165) is 6.20 Å². The van der Waals surface area contributed by atoms with Gasteiger partial charge in [0, 0.05) is 12.4 Å². The second kappa shape index (κ2) is 2.50. The van der Waals surface area contributed by atoms with Crippen LogP contribution in [0.25, 0.3) is 0 Å². The van der Waals surface area contributed by atoms with Crippen molar-refractivity contribution in [3.05, 3.63) is 24.5 Å². The van der Waals surface area contributed by atoms with Gasteiger partial charge in [-0.25, -0.2) is 0 Å². The highest BCUT2D eigenvalue weighted by Gasteiger charge is 2.15. The first-order chi connectivity index (χ1) is 4.61. The largest absolute Gasteiger partial charge is 0.357 e. The molecule has 0 radical (unpaired) electrons. The van der Waals surface area contributed by atoms with Gasteiger partial charge in [0.2, 0.25) is 0 Å². The van der Waals surface area contributed by atoms with E-state index in [0.29, 0.717) is 0 Å². The van der Waals surface area contributed by atoms with Gasteiger partial charge in [-0.2, -0.15) is 0 Å². The molecule has 0 unspecified atom stereocenters. The van der Waals surface area contributed by atoms with Gasteiger partial charge < -0.3 is 9.79 Å². The van der Waals surface area contributed by atoms with E-state index in [1.54, 1.807) is 0 Å². The lowest BCUT2D eigenvalue weighted by atomic mass is 10.5. The Labute approximate surface area is 57.7 Å². The van der Waals surface area contributed by atoms with Crippen LogP contribution in [0, 0.1) is 0 Å². The topological polar surface area (TPSA) is 70.4 Å². The van der Waals surface area contributed by atoms with Crippen LogP contribution in [0.15, 0.2) is 24.5 Å². The van der Waals surface area contributed by atoms with Gasteiger partial charge in [-0.1, -0.05) is 0 Å². The molecule has 0 fully saturated rings. The van der Waals surface area contributed by atoms with Gasteiger partial charge in [0.25, 0.3) is 0 Å². The molecule has 0 aliphatic carbocycles. The minimum Gasteiger partial charge on any atom is -0.321 e. The lowest BCUT2D eigenvalue weighted by Gasteiger charge is -1.99. The van der Waals surface area contributed by atoms with Gasteiger partial charge in [0.05, 0.1) is 5.30 Å². The molecular weight excluding hydrogens is 153 g/mol. The fraction of sp³-hybridized carbons (Fsp3) is 0. The Morgan fingerprint density at radius 1 is 1.50 bits per heavy atom. The number of hydrogen-bond acceptors (Lipinski definition) is 2. The van der Waals surface area contributed by atoms with E-state index in [-0.39, 0.29) is 5.30 Å². The van der Waals surface area contributed by atoms with Crippen LogP contribution in [0.3, 0.4) is 0 Å². The zero-order valence-corrected chi connectivity index (χ0v) is 5.90. The van der Waals surface area contributed by atoms with E-state index in [4.69, 9.17) is 9.79 Å². The normalized spacial score (nSPS) is 11.4. The first kappa shape index (κ1) is 7.41. The molecule has 0 atom stereocenters. The summed E-state index contributed by atoms with van der Waals surface area (Å²) in [6, 6.07) is 2.82. The summed E-state index contributed by atoms with van der Waals surface area (Å²) < 4.78 is 10.5. The van der Waals surface area contributed by atoms with Crippen molar-refractivity contribution in [3.63, 3.8) is 0 Å². The lowest BCUT2D eigenvalue weighted by Crippen LogP contribution is -2.02. The third kappa shape index (κ3) is 1.64. The fourth-order valence-corrected chi connectivity index (χ4v) is 1.02. The van der Waals surface area contributed by atoms with Gasteiger partial charge in [0.15, 0.2) is 0 Å². The van der Waals surface area contributed by atoms with Gasteiger partial charge in [-0.05, 0) is 12.1 Å². The van der Waals surface area contributed by atoms with Crippen molar-refractivity contribution in [2.24, 2.45) is 0 Å². The van der Waals surface area contributed by atoms with Crippen molar-refractivity contribution in [2.75, 3.05) is 0 Å². The number of rotatable bonds is 1. The van der Waals surface area contributed by atoms with Crippen molar-refractivity contribution < 1.29 is 14.4 Å². The maximum atomic E-state index is 10.5. The van der Waals surface area contributed by atoms with Crippen LogP contribution in [-0.4, -0.2) is 14.8 Å². The highest BCUT2D eigenvalue weighted by atomic mass is 31.2. The molecule has 1 aromatic heterocycles. The fourth-order valence-electron chi connectivity index (χ4n) is 0.526. The zero-order valence-electron chi connectivity index (χ0n) is 5.01. The molecule has 4 nitrogen and oxygen atoms in total. The quantitative estimate of drug-likeness (QED) is 0.560. The van der Waals surface area contributed by atoms with Crippen LogP contribution < -0.4 is 5.30 Å². The summed E-state index contributed by atoms with van der Waals surface area (Å²) >= 11 is 0. The van der Waals surface area contributed by atoms with E-state index in [1.807, 2.05) is 0 Å². The Morgan fingerprint density at radius 3 is 2.50 bits per heavy atom. The van der Waals surface area contributed by atoms with Crippen LogP contribution in [0.2, 0.25) is 0 Å². The second-order valence-corrected chi connectivity index (χ2v) is 3.36. The monoisotopic (exact) mass is 159 g/mol. The maximum absolute atomic E-state index is 10.5. The summed E-state index contributed by atoms with van der Waals surface area (Å²) in [6.45, 7) is 0. The van der Waals surface area contributed by atoms with E-state index in [9.17, 15) is 4.57 Å². The highest BCUT2D eigenvalue weighted by molar-refractivity contribution is 7.60. The van der Waals surface area contributed by atoms with Crippen molar-refractivity contribution in [3.8, 4) is 0 Å². The predicted molar refractivity (Wildman–Crippen MR) is 35.9 cm³/mol. The van der Waals surface area contributed by atoms with E-state index >= 15 is 0 Å². The van der Waals surface area contributed by atoms with Gasteiger partial charge in [0.1, 0.15) is 0 Å². The van der Waals surface area contributed by atoms with Gasteiger partial charge in [-0.15, -0.1) is 0 Å². The number of aromatic nitrogens is 1. The van der Waals surface area contributed by atoms with Crippen molar-refractivity contribution in [1.29, 1.82) is 0 Å². The number of hydrogen-bond donors (Lipinski definition) is 2. The molecule has 0 aliphatic heterocycles. The standard InChI is InChI=1S/C5H6NO3P/c7-10(8,9)5-2-1-3-6-4-5/h1-4H,(H2,7,8,9). The third-order valence-corrected chi connectivity index (χ3v) is 1.92. The first-order valence-corrected chi connectivity index (χ1v) is 4.18.